The van der Waals surface area contributed by atoms with Gasteiger partial charge in [-0.2, -0.15) is 0 Å². The molecule has 66 valence electrons. The van der Waals surface area contributed by atoms with Crippen molar-refractivity contribution in [1.29, 1.82) is 0 Å². The van der Waals surface area contributed by atoms with Gasteiger partial charge in [0.05, 0.1) is 6.10 Å². The van der Waals surface area contributed by atoms with Crippen LogP contribution in [0.3, 0.4) is 0 Å². The Bertz CT molecular complexity index is 97.5. The molecule has 11 heavy (non-hydrogen) atoms. The summed E-state index contributed by atoms with van der Waals surface area (Å²) < 4.78 is 5.37. The van der Waals surface area contributed by atoms with Crippen molar-refractivity contribution < 1.29 is 14.9 Å². The van der Waals surface area contributed by atoms with Crippen LogP contribution in [-0.4, -0.2) is 29.2 Å². The normalized spacial score (nSPS) is 24.8. The number of ether oxygens (including phenoxy) is 1. The van der Waals surface area contributed by atoms with E-state index in [4.69, 9.17) is 14.9 Å². The standard InChI is InChI=1S/C8H16O3/c9-8(10)5-1-3-7-4-2-6-11-7/h7-10H,1-6H2. The van der Waals surface area contributed by atoms with Crippen LogP contribution in [0.25, 0.3) is 0 Å². The minimum atomic E-state index is -1.14. The predicted molar refractivity (Wildman–Crippen MR) is 41.1 cm³/mol. The van der Waals surface area contributed by atoms with Gasteiger partial charge in [0.1, 0.15) is 0 Å². The van der Waals surface area contributed by atoms with Crippen LogP contribution in [0.5, 0.6) is 0 Å². The van der Waals surface area contributed by atoms with Crippen molar-refractivity contribution in [1.82, 2.24) is 0 Å². The van der Waals surface area contributed by atoms with Crippen LogP contribution in [0.1, 0.15) is 32.1 Å². The lowest BCUT2D eigenvalue weighted by Gasteiger charge is -2.08. The fourth-order valence-electron chi connectivity index (χ4n) is 1.40. The molecule has 0 aromatic carbocycles. The second-order valence-electron chi connectivity index (χ2n) is 3.05. The molecule has 1 aliphatic rings. The first kappa shape index (κ1) is 8.97. The molecule has 1 fully saturated rings. The summed E-state index contributed by atoms with van der Waals surface area (Å²) in [5.41, 5.74) is 0. The van der Waals surface area contributed by atoms with Gasteiger partial charge in [-0.15, -0.1) is 0 Å². The van der Waals surface area contributed by atoms with E-state index >= 15 is 0 Å². The van der Waals surface area contributed by atoms with Crippen LogP contribution in [0.4, 0.5) is 0 Å². The monoisotopic (exact) mass is 160 g/mol. The number of hydrogen-bond donors (Lipinski definition) is 2. The summed E-state index contributed by atoms with van der Waals surface area (Å²) in [5.74, 6) is 0. The third kappa shape index (κ3) is 3.70. The average molecular weight is 160 g/mol. The third-order valence-electron chi connectivity index (χ3n) is 2.01. The highest BCUT2D eigenvalue weighted by Gasteiger charge is 2.14. The maximum absolute atomic E-state index is 8.54. The van der Waals surface area contributed by atoms with E-state index in [1.165, 1.54) is 0 Å². The van der Waals surface area contributed by atoms with Crippen molar-refractivity contribution in [2.24, 2.45) is 0 Å². The molecule has 1 saturated heterocycles. The van der Waals surface area contributed by atoms with Gasteiger partial charge in [0.2, 0.25) is 0 Å². The molecule has 3 nitrogen and oxygen atoms in total. The van der Waals surface area contributed by atoms with Gasteiger partial charge >= 0.3 is 0 Å². The third-order valence-corrected chi connectivity index (χ3v) is 2.01. The van der Waals surface area contributed by atoms with E-state index in [1.807, 2.05) is 0 Å². The van der Waals surface area contributed by atoms with Gasteiger partial charge in [-0.3, -0.25) is 0 Å². The molecule has 0 saturated carbocycles. The van der Waals surface area contributed by atoms with E-state index < -0.39 is 6.29 Å². The Labute approximate surface area is 67.0 Å². The Morgan fingerprint density at radius 3 is 2.82 bits per heavy atom. The van der Waals surface area contributed by atoms with Crippen molar-refractivity contribution >= 4 is 0 Å². The lowest BCUT2D eigenvalue weighted by atomic mass is 10.1. The predicted octanol–water partition coefficient (Wildman–Crippen LogP) is 0.646. The highest BCUT2D eigenvalue weighted by atomic mass is 16.5. The lowest BCUT2D eigenvalue weighted by Crippen LogP contribution is -2.08. The molecule has 0 aliphatic carbocycles. The number of aliphatic hydroxyl groups is 2. The molecular formula is C8H16O3. The SMILES string of the molecule is OC(O)CCCC1CCCO1. The van der Waals surface area contributed by atoms with Crippen molar-refractivity contribution in [3.8, 4) is 0 Å². The molecule has 1 aliphatic heterocycles. The molecule has 2 N–H and O–H groups in total. The van der Waals surface area contributed by atoms with E-state index in [0.29, 0.717) is 12.5 Å². The highest BCUT2D eigenvalue weighted by Crippen LogP contribution is 2.17. The van der Waals surface area contributed by atoms with Crippen molar-refractivity contribution in [2.75, 3.05) is 6.61 Å². The molecular weight excluding hydrogens is 144 g/mol. The van der Waals surface area contributed by atoms with Gasteiger partial charge in [-0.1, -0.05) is 0 Å². The summed E-state index contributed by atoms with van der Waals surface area (Å²) in [6.45, 7) is 0.881. The number of aliphatic hydroxyl groups excluding tert-OH is 1. The molecule has 0 radical (unpaired) electrons. The minimum Gasteiger partial charge on any atom is -0.378 e. The Kier molecular flexibility index (Phi) is 3.83. The van der Waals surface area contributed by atoms with E-state index in [2.05, 4.69) is 0 Å². The second-order valence-corrected chi connectivity index (χ2v) is 3.05. The summed E-state index contributed by atoms with van der Waals surface area (Å²) in [6, 6.07) is 0. The van der Waals surface area contributed by atoms with Crippen molar-refractivity contribution in [3.63, 3.8) is 0 Å². The van der Waals surface area contributed by atoms with Gasteiger partial charge in [0, 0.05) is 6.61 Å². The van der Waals surface area contributed by atoms with Crippen molar-refractivity contribution in [2.45, 2.75) is 44.5 Å². The first-order chi connectivity index (χ1) is 5.29. The van der Waals surface area contributed by atoms with Crippen LogP contribution in [0.15, 0.2) is 0 Å². The van der Waals surface area contributed by atoms with E-state index in [-0.39, 0.29) is 0 Å². The van der Waals surface area contributed by atoms with Crippen LogP contribution >= 0.6 is 0 Å². The summed E-state index contributed by atoms with van der Waals surface area (Å²) in [5, 5.41) is 17.1. The summed E-state index contributed by atoms with van der Waals surface area (Å²) >= 11 is 0. The largest absolute Gasteiger partial charge is 0.378 e. The first-order valence-electron chi connectivity index (χ1n) is 4.27. The smallest absolute Gasteiger partial charge is 0.151 e. The molecule has 0 aromatic heterocycles. The Morgan fingerprint density at radius 2 is 2.27 bits per heavy atom. The van der Waals surface area contributed by atoms with Crippen LogP contribution < -0.4 is 0 Å². The van der Waals surface area contributed by atoms with Gasteiger partial charge in [-0.05, 0) is 32.1 Å². The fourth-order valence-corrected chi connectivity index (χ4v) is 1.40. The number of hydrogen-bond acceptors (Lipinski definition) is 3. The van der Waals surface area contributed by atoms with Crippen molar-refractivity contribution in [3.05, 3.63) is 0 Å². The van der Waals surface area contributed by atoms with Gasteiger partial charge < -0.3 is 14.9 Å². The summed E-state index contributed by atoms with van der Waals surface area (Å²) in [6.07, 6.45) is 3.83. The molecule has 3 heteroatoms. The Morgan fingerprint density at radius 1 is 1.45 bits per heavy atom. The zero-order chi connectivity index (χ0) is 8.10. The maximum Gasteiger partial charge on any atom is 0.151 e. The molecule has 0 aromatic rings. The molecule has 0 spiro atoms. The zero-order valence-electron chi connectivity index (χ0n) is 6.70. The highest BCUT2D eigenvalue weighted by molar-refractivity contribution is 4.64. The van der Waals surface area contributed by atoms with Gasteiger partial charge in [0.25, 0.3) is 0 Å². The number of rotatable bonds is 4. The van der Waals surface area contributed by atoms with Crippen LogP contribution in [-0.2, 0) is 4.74 Å². The van der Waals surface area contributed by atoms with E-state index in [9.17, 15) is 0 Å². The Hall–Kier alpha value is -0.120. The first-order valence-corrected chi connectivity index (χ1v) is 4.27. The Balaban J connectivity index is 1.94. The van der Waals surface area contributed by atoms with E-state index in [1.54, 1.807) is 0 Å². The average Bonchev–Trinajstić information content (AvgIpc) is 2.39. The van der Waals surface area contributed by atoms with Gasteiger partial charge in [0.15, 0.2) is 6.29 Å². The minimum absolute atomic E-state index is 0.383. The van der Waals surface area contributed by atoms with Crippen LogP contribution in [0.2, 0.25) is 0 Å². The molecule has 0 bridgehead atoms. The zero-order valence-corrected chi connectivity index (χ0v) is 6.70. The molecule has 0 amide bonds. The molecule has 1 heterocycles. The van der Waals surface area contributed by atoms with E-state index in [0.717, 1.165) is 32.3 Å². The molecule has 1 atom stereocenters. The van der Waals surface area contributed by atoms with Crippen LogP contribution in [0, 0.1) is 0 Å². The fraction of sp³-hybridized carbons (Fsp3) is 1.00. The lowest BCUT2D eigenvalue weighted by molar-refractivity contribution is -0.0483. The molecule has 1 rings (SSSR count). The quantitative estimate of drug-likeness (QED) is 0.593. The second kappa shape index (κ2) is 4.70. The summed E-state index contributed by atoms with van der Waals surface area (Å²) in [7, 11) is 0. The summed E-state index contributed by atoms with van der Waals surface area (Å²) in [4.78, 5) is 0. The maximum atomic E-state index is 8.54. The van der Waals surface area contributed by atoms with Gasteiger partial charge in [-0.25, -0.2) is 0 Å². The molecule has 1 unspecified atom stereocenters. The topological polar surface area (TPSA) is 49.7 Å².